The van der Waals surface area contributed by atoms with Gasteiger partial charge in [-0.2, -0.15) is 13.2 Å². The monoisotopic (exact) mass is 395 g/mol. The molecule has 28 heavy (non-hydrogen) atoms. The number of nitrogens with one attached hydrogen (secondary N) is 1. The Kier molecular flexibility index (Phi) is 6.03. The van der Waals surface area contributed by atoms with Crippen LogP contribution >= 0.6 is 0 Å². The minimum atomic E-state index is -4.47. The van der Waals surface area contributed by atoms with Crippen LogP contribution in [0, 0.1) is 0 Å². The fraction of sp³-hybridized carbons (Fsp3) is 0.368. The van der Waals surface area contributed by atoms with Crippen LogP contribution in [0.4, 0.5) is 18.9 Å². The van der Waals surface area contributed by atoms with E-state index in [1.165, 1.54) is 0 Å². The Morgan fingerprint density at radius 3 is 2.71 bits per heavy atom. The summed E-state index contributed by atoms with van der Waals surface area (Å²) in [6.07, 6.45) is -1.70. The molecule has 0 saturated carbocycles. The largest absolute Gasteiger partial charge is 0.484 e. The van der Waals surface area contributed by atoms with Gasteiger partial charge in [0.15, 0.2) is 6.61 Å². The van der Waals surface area contributed by atoms with Crippen molar-refractivity contribution < 1.29 is 27.8 Å². The van der Waals surface area contributed by atoms with Crippen LogP contribution in [0.25, 0.3) is 0 Å². The van der Waals surface area contributed by atoms with Crippen LogP contribution in [0.15, 0.2) is 42.7 Å². The number of aliphatic hydroxyl groups excluding tert-OH is 1. The molecule has 0 spiro atoms. The zero-order chi connectivity index (χ0) is 20.1. The molecule has 1 aliphatic heterocycles. The number of pyridine rings is 1. The molecule has 1 unspecified atom stereocenters. The van der Waals surface area contributed by atoms with E-state index < -0.39 is 11.7 Å². The van der Waals surface area contributed by atoms with Crippen molar-refractivity contribution in [3.8, 4) is 5.75 Å². The van der Waals surface area contributed by atoms with Crippen molar-refractivity contribution in [2.24, 2.45) is 0 Å². The van der Waals surface area contributed by atoms with Gasteiger partial charge in [-0.3, -0.25) is 9.78 Å². The predicted octanol–water partition coefficient (Wildman–Crippen LogP) is 2.68. The number of amides is 1. The summed E-state index contributed by atoms with van der Waals surface area (Å²) in [7, 11) is 0. The van der Waals surface area contributed by atoms with Gasteiger partial charge in [-0.15, -0.1) is 0 Å². The van der Waals surface area contributed by atoms with E-state index in [1.54, 1.807) is 29.2 Å². The molecule has 0 aliphatic carbocycles. The Hall–Kier alpha value is -2.81. The van der Waals surface area contributed by atoms with Crippen LogP contribution in [0.5, 0.6) is 5.75 Å². The third kappa shape index (κ3) is 4.92. The van der Waals surface area contributed by atoms with E-state index in [9.17, 15) is 18.0 Å². The maximum Gasteiger partial charge on any atom is 0.418 e. The van der Waals surface area contributed by atoms with Crippen LogP contribution in [0.3, 0.4) is 0 Å². The van der Waals surface area contributed by atoms with Gasteiger partial charge in [-0.05, 0) is 30.2 Å². The highest BCUT2D eigenvalue weighted by Crippen LogP contribution is 2.34. The van der Waals surface area contributed by atoms with Crippen molar-refractivity contribution in [1.82, 2.24) is 9.88 Å². The lowest BCUT2D eigenvalue weighted by molar-refractivity contribution is -0.137. The van der Waals surface area contributed by atoms with E-state index in [0.29, 0.717) is 18.7 Å². The van der Waals surface area contributed by atoms with Gasteiger partial charge in [0.2, 0.25) is 0 Å². The van der Waals surface area contributed by atoms with Gasteiger partial charge in [0.05, 0.1) is 24.1 Å². The fourth-order valence-corrected chi connectivity index (χ4v) is 3.01. The third-order valence-corrected chi connectivity index (χ3v) is 4.50. The number of carbonyl (C=O) groups excluding carboxylic acids is 1. The van der Waals surface area contributed by atoms with E-state index >= 15 is 0 Å². The van der Waals surface area contributed by atoms with Crippen molar-refractivity contribution in [2.75, 3.05) is 25.0 Å². The quantitative estimate of drug-likeness (QED) is 0.787. The molecule has 150 valence electrons. The minimum Gasteiger partial charge on any atom is -0.484 e. The van der Waals surface area contributed by atoms with Crippen molar-refractivity contribution >= 4 is 11.6 Å². The minimum absolute atomic E-state index is 0.0750. The molecule has 1 aromatic carbocycles. The first-order valence-electron chi connectivity index (χ1n) is 8.75. The van der Waals surface area contributed by atoms with Crippen molar-refractivity contribution in [2.45, 2.75) is 25.2 Å². The van der Waals surface area contributed by atoms with Gasteiger partial charge < -0.3 is 20.1 Å². The van der Waals surface area contributed by atoms with Crippen LogP contribution in [-0.4, -0.2) is 46.6 Å². The zero-order valence-electron chi connectivity index (χ0n) is 14.9. The van der Waals surface area contributed by atoms with Gasteiger partial charge >= 0.3 is 6.18 Å². The number of rotatable bonds is 6. The number of aromatic nitrogens is 1. The molecular formula is C19H20F3N3O3. The van der Waals surface area contributed by atoms with Crippen LogP contribution < -0.4 is 10.1 Å². The molecule has 1 fully saturated rings. The highest BCUT2D eigenvalue weighted by Gasteiger charge is 2.35. The molecule has 2 heterocycles. The van der Waals surface area contributed by atoms with Gasteiger partial charge in [-0.1, -0.05) is 12.1 Å². The Morgan fingerprint density at radius 1 is 1.29 bits per heavy atom. The summed E-state index contributed by atoms with van der Waals surface area (Å²) in [5.41, 5.74) is -0.128. The smallest absolute Gasteiger partial charge is 0.418 e. The number of likely N-dealkylation sites (tertiary alicyclic amines) is 1. The number of nitrogens with zero attached hydrogens (tertiary/aromatic N) is 2. The van der Waals surface area contributed by atoms with Gasteiger partial charge in [0, 0.05) is 25.3 Å². The van der Waals surface area contributed by atoms with E-state index in [4.69, 9.17) is 9.84 Å². The maximum atomic E-state index is 13.1. The third-order valence-electron chi connectivity index (χ3n) is 4.50. The molecule has 1 amide bonds. The van der Waals surface area contributed by atoms with Crippen LogP contribution in [-0.2, 0) is 17.6 Å². The van der Waals surface area contributed by atoms with E-state index in [2.05, 4.69) is 10.3 Å². The van der Waals surface area contributed by atoms with Gasteiger partial charge in [0.1, 0.15) is 5.75 Å². The van der Waals surface area contributed by atoms with E-state index in [0.717, 1.165) is 24.0 Å². The molecule has 1 aliphatic rings. The Bertz CT molecular complexity index is 812. The molecule has 9 heteroatoms. The molecule has 2 aromatic rings. The SMILES string of the molecule is O=C(COc1ccc(CO)cc1)N1CCC(Nc2cnccc2C(F)(F)F)C1. The van der Waals surface area contributed by atoms with Crippen molar-refractivity contribution in [1.29, 1.82) is 0 Å². The lowest BCUT2D eigenvalue weighted by atomic mass is 10.2. The van der Waals surface area contributed by atoms with E-state index in [-0.39, 0.29) is 37.4 Å². The first-order chi connectivity index (χ1) is 13.4. The second-order valence-electron chi connectivity index (χ2n) is 6.48. The summed E-state index contributed by atoms with van der Waals surface area (Å²) >= 11 is 0. The van der Waals surface area contributed by atoms with E-state index in [1.807, 2.05) is 0 Å². The standard InChI is InChI=1S/C19H20F3N3O3/c20-19(21,22)16-5-7-23-9-17(16)24-14-6-8-25(10-14)18(27)12-28-15-3-1-13(11-26)2-4-15/h1-5,7,9,14,24,26H,6,8,10-12H2. The Labute approximate surface area is 159 Å². The molecule has 0 radical (unpaired) electrons. The van der Waals surface area contributed by atoms with Crippen molar-refractivity contribution in [3.05, 3.63) is 53.9 Å². The highest BCUT2D eigenvalue weighted by molar-refractivity contribution is 5.78. The Balaban J connectivity index is 1.53. The molecule has 3 rings (SSSR count). The zero-order valence-corrected chi connectivity index (χ0v) is 14.9. The molecule has 6 nitrogen and oxygen atoms in total. The first kappa shape index (κ1) is 19.9. The molecule has 1 saturated heterocycles. The summed E-state index contributed by atoms with van der Waals surface area (Å²) in [5.74, 6) is 0.266. The number of alkyl halides is 3. The number of hydrogen-bond donors (Lipinski definition) is 2. The molecule has 2 N–H and O–H groups in total. The number of ether oxygens (including phenoxy) is 1. The summed E-state index contributed by atoms with van der Waals surface area (Å²) < 4.78 is 44.7. The summed E-state index contributed by atoms with van der Waals surface area (Å²) in [4.78, 5) is 17.6. The number of anilines is 1. The number of halogens is 3. The molecule has 1 atom stereocenters. The number of benzene rings is 1. The maximum absolute atomic E-state index is 13.1. The number of hydrogen-bond acceptors (Lipinski definition) is 5. The normalized spacial score (nSPS) is 16.9. The highest BCUT2D eigenvalue weighted by atomic mass is 19.4. The first-order valence-corrected chi connectivity index (χ1v) is 8.75. The average molecular weight is 395 g/mol. The second-order valence-corrected chi connectivity index (χ2v) is 6.48. The molecule has 0 bridgehead atoms. The molecule has 1 aromatic heterocycles. The predicted molar refractivity (Wildman–Crippen MR) is 95.7 cm³/mol. The Morgan fingerprint density at radius 2 is 2.04 bits per heavy atom. The van der Waals surface area contributed by atoms with Gasteiger partial charge in [0.25, 0.3) is 5.91 Å². The summed E-state index contributed by atoms with van der Waals surface area (Å²) in [6, 6.07) is 7.35. The molecular weight excluding hydrogens is 375 g/mol. The summed E-state index contributed by atoms with van der Waals surface area (Å²) in [5, 5.41) is 11.9. The van der Waals surface area contributed by atoms with Gasteiger partial charge in [-0.25, -0.2) is 0 Å². The second kappa shape index (κ2) is 8.47. The van der Waals surface area contributed by atoms with Crippen molar-refractivity contribution in [3.63, 3.8) is 0 Å². The number of carbonyl (C=O) groups is 1. The topological polar surface area (TPSA) is 74.7 Å². The fourth-order valence-electron chi connectivity index (χ4n) is 3.01. The number of aliphatic hydroxyl groups is 1. The van der Waals surface area contributed by atoms with Crippen LogP contribution in [0.1, 0.15) is 17.5 Å². The summed E-state index contributed by atoms with van der Waals surface area (Å²) in [6.45, 7) is 0.489. The lowest BCUT2D eigenvalue weighted by Gasteiger charge is -2.20. The van der Waals surface area contributed by atoms with Crippen LogP contribution in [0.2, 0.25) is 0 Å². The average Bonchev–Trinajstić information content (AvgIpc) is 3.14. The lowest BCUT2D eigenvalue weighted by Crippen LogP contribution is -2.35.